The quantitative estimate of drug-likeness (QED) is 0.0247. The van der Waals surface area contributed by atoms with Gasteiger partial charge in [0.2, 0.25) is 5.91 Å². The van der Waals surface area contributed by atoms with Crippen molar-refractivity contribution in [2.45, 2.75) is 244 Å². The summed E-state index contributed by atoms with van der Waals surface area (Å²) >= 11 is 0. The van der Waals surface area contributed by atoms with Crippen LogP contribution < -0.4 is 5.32 Å². The predicted molar refractivity (Wildman–Crippen MR) is 245 cm³/mol. The van der Waals surface area contributed by atoms with Gasteiger partial charge in [-0.2, -0.15) is 0 Å². The molecule has 0 saturated heterocycles. The number of carbonyl (C=O) groups is 2. The topological polar surface area (TPSA) is 95.9 Å². The Bertz CT molecular complexity index is 1030. The summed E-state index contributed by atoms with van der Waals surface area (Å²) in [4.78, 5) is 26.0. The second-order valence-corrected chi connectivity index (χ2v) is 16.2. The summed E-state index contributed by atoms with van der Waals surface area (Å²) in [5.74, 6) is -0.522. The van der Waals surface area contributed by atoms with Crippen molar-refractivity contribution in [2.75, 3.05) is 6.61 Å². The molecule has 330 valence electrons. The van der Waals surface area contributed by atoms with Crippen molar-refractivity contribution in [1.82, 2.24) is 5.32 Å². The molecule has 0 radical (unpaired) electrons. The summed E-state index contributed by atoms with van der Waals surface area (Å²) < 4.78 is 5.87. The van der Waals surface area contributed by atoms with E-state index in [0.717, 1.165) is 103 Å². The summed E-state index contributed by atoms with van der Waals surface area (Å²) in [7, 11) is 0. The summed E-state index contributed by atoms with van der Waals surface area (Å²) in [5, 5.41) is 23.7. The average Bonchev–Trinajstić information content (AvgIpc) is 3.20. The van der Waals surface area contributed by atoms with Gasteiger partial charge in [0.25, 0.3) is 0 Å². The van der Waals surface area contributed by atoms with E-state index in [1.165, 1.54) is 77.0 Å². The third-order valence-corrected chi connectivity index (χ3v) is 10.7. The van der Waals surface area contributed by atoms with Gasteiger partial charge < -0.3 is 20.3 Å². The largest absolute Gasteiger partial charge is 0.462 e. The SMILES string of the molecule is CC/C=C/C=C/C=C/C=C\CCCCCCCC(=O)OC(CCCCC/C=C\CCC)CC(=O)NC(CO)C(O)CCCCCCCCCCCCCCCCC. The van der Waals surface area contributed by atoms with Gasteiger partial charge in [-0.3, -0.25) is 9.59 Å². The minimum Gasteiger partial charge on any atom is -0.462 e. The lowest BCUT2D eigenvalue weighted by Crippen LogP contribution is -2.46. The third-order valence-electron chi connectivity index (χ3n) is 10.7. The highest BCUT2D eigenvalue weighted by Gasteiger charge is 2.24. The van der Waals surface area contributed by atoms with E-state index in [2.05, 4.69) is 68.6 Å². The number of hydrogen-bond acceptors (Lipinski definition) is 5. The zero-order valence-electron chi connectivity index (χ0n) is 37.5. The van der Waals surface area contributed by atoms with E-state index in [1.807, 2.05) is 18.2 Å². The first-order valence-corrected chi connectivity index (χ1v) is 24.1. The van der Waals surface area contributed by atoms with Crippen molar-refractivity contribution in [3.63, 3.8) is 0 Å². The van der Waals surface area contributed by atoms with Crippen LogP contribution in [0.5, 0.6) is 0 Å². The molecule has 0 bridgehead atoms. The molecule has 0 saturated carbocycles. The lowest BCUT2D eigenvalue weighted by Gasteiger charge is -2.24. The van der Waals surface area contributed by atoms with Crippen molar-refractivity contribution in [3.05, 3.63) is 60.8 Å². The molecule has 0 rings (SSSR count). The third kappa shape index (κ3) is 40.1. The van der Waals surface area contributed by atoms with Crippen molar-refractivity contribution in [3.8, 4) is 0 Å². The number of aliphatic hydroxyl groups is 2. The minimum atomic E-state index is -0.795. The van der Waals surface area contributed by atoms with Gasteiger partial charge in [0.1, 0.15) is 6.10 Å². The number of aliphatic hydroxyl groups excluding tert-OH is 2. The van der Waals surface area contributed by atoms with Crippen molar-refractivity contribution >= 4 is 11.9 Å². The van der Waals surface area contributed by atoms with E-state index in [1.54, 1.807) is 0 Å². The zero-order chi connectivity index (χ0) is 41.7. The Morgan fingerprint density at radius 3 is 1.58 bits per heavy atom. The van der Waals surface area contributed by atoms with Gasteiger partial charge in [-0.15, -0.1) is 0 Å². The fourth-order valence-electron chi connectivity index (χ4n) is 7.03. The molecule has 0 fully saturated rings. The number of unbranched alkanes of at least 4 members (excludes halogenated alkanes) is 23. The Labute approximate surface area is 352 Å². The van der Waals surface area contributed by atoms with E-state index in [4.69, 9.17) is 4.74 Å². The molecule has 6 heteroatoms. The molecule has 0 heterocycles. The van der Waals surface area contributed by atoms with Gasteiger partial charge in [0.15, 0.2) is 0 Å². The molecule has 0 aliphatic carbocycles. The van der Waals surface area contributed by atoms with Crippen LogP contribution in [0.15, 0.2) is 60.8 Å². The van der Waals surface area contributed by atoms with Crippen LogP contribution in [-0.2, 0) is 14.3 Å². The molecule has 0 aromatic heterocycles. The first-order valence-electron chi connectivity index (χ1n) is 24.1. The second kappa shape index (κ2) is 44.7. The molecule has 0 aliphatic heterocycles. The zero-order valence-corrected chi connectivity index (χ0v) is 37.5. The van der Waals surface area contributed by atoms with Gasteiger partial charge >= 0.3 is 5.97 Å². The van der Waals surface area contributed by atoms with Crippen molar-refractivity contribution in [2.24, 2.45) is 0 Å². The first kappa shape index (κ1) is 54.6. The van der Waals surface area contributed by atoms with Gasteiger partial charge in [0.05, 0.1) is 25.2 Å². The maximum atomic E-state index is 13.1. The first-order chi connectivity index (χ1) is 28.0. The Balaban J connectivity index is 4.48. The molecule has 6 nitrogen and oxygen atoms in total. The molecule has 0 aromatic carbocycles. The minimum absolute atomic E-state index is 0.0548. The molecule has 57 heavy (non-hydrogen) atoms. The second-order valence-electron chi connectivity index (χ2n) is 16.2. The monoisotopic (exact) mass is 798 g/mol. The number of hydrogen-bond donors (Lipinski definition) is 3. The van der Waals surface area contributed by atoms with E-state index in [0.29, 0.717) is 19.3 Å². The number of nitrogens with one attached hydrogen (secondary N) is 1. The van der Waals surface area contributed by atoms with Crippen LogP contribution in [0, 0.1) is 0 Å². The fourth-order valence-corrected chi connectivity index (χ4v) is 7.03. The van der Waals surface area contributed by atoms with Crippen LogP contribution in [0.1, 0.15) is 226 Å². The number of allylic oxidation sites excluding steroid dienone is 10. The average molecular weight is 798 g/mol. The number of ether oxygens (including phenoxy) is 1. The molecule has 0 aromatic rings. The Kier molecular flexibility index (Phi) is 42.7. The molecule has 0 spiro atoms. The van der Waals surface area contributed by atoms with Crippen LogP contribution in [0.2, 0.25) is 0 Å². The number of rotatable bonds is 42. The summed E-state index contributed by atoms with van der Waals surface area (Å²) in [6.45, 7) is 6.26. The van der Waals surface area contributed by atoms with Crippen LogP contribution >= 0.6 is 0 Å². The lowest BCUT2D eigenvalue weighted by atomic mass is 10.0. The maximum Gasteiger partial charge on any atom is 0.306 e. The Morgan fingerprint density at radius 1 is 0.526 bits per heavy atom. The van der Waals surface area contributed by atoms with Crippen LogP contribution in [-0.4, -0.2) is 46.9 Å². The van der Waals surface area contributed by atoms with E-state index in [-0.39, 0.29) is 24.9 Å². The smallest absolute Gasteiger partial charge is 0.306 e. The van der Waals surface area contributed by atoms with E-state index >= 15 is 0 Å². The van der Waals surface area contributed by atoms with Gasteiger partial charge in [0, 0.05) is 6.42 Å². The number of esters is 1. The predicted octanol–water partition coefficient (Wildman–Crippen LogP) is 14.1. The summed E-state index contributed by atoms with van der Waals surface area (Å²) in [6, 6.07) is -0.711. The van der Waals surface area contributed by atoms with Gasteiger partial charge in [-0.25, -0.2) is 0 Å². The fraction of sp³-hybridized carbons (Fsp3) is 0.765. The van der Waals surface area contributed by atoms with Crippen LogP contribution in [0.4, 0.5) is 0 Å². The van der Waals surface area contributed by atoms with Crippen molar-refractivity contribution in [1.29, 1.82) is 0 Å². The molecule has 3 unspecified atom stereocenters. The van der Waals surface area contributed by atoms with E-state index in [9.17, 15) is 19.8 Å². The van der Waals surface area contributed by atoms with Crippen LogP contribution in [0.25, 0.3) is 0 Å². The van der Waals surface area contributed by atoms with E-state index < -0.39 is 18.2 Å². The molecular formula is C51H91NO5. The molecular weight excluding hydrogens is 707 g/mol. The number of amides is 1. The summed E-state index contributed by atoms with van der Waals surface area (Å²) in [5.41, 5.74) is 0. The van der Waals surface area contributed by atoms with Crippen molar-refractivity contribution < 1.29 is 24.5 Å². The Morgan fingerprint density at radius 2 is 1.00 bits per heavy atom. The number of carbonyl (C=O) groups excluding carboxylic acids is 2. The normalized spacial score (nSPS) is 13.8. The molecule has 0 aliphatic rings. The van der Waals surface area contributed by atoms with Crippen LogP contribution in [0.3, 0.4) is 0 Å². The highest BCUT2D eigenvalue weighted by molar-refractivity contribution is 5.77. The lowest BCUT2D eigenvalue weighted by molar-refractivity contribution is -0.151. The molecule has 3 atom stereocenters. The molecule has 3 N–H and O–H groups in total. The standard InChI is InChI=1S/C51H91NO5/c1-4-7-10-13-16-19-21-23-25-27-29-31-34-37-40-43-49(54)48(46-53)52-50(55)45-47(42-39-36-33-18-15-12-9-6-3)57-51(56)44-41-38-35-32-30-28-26-24-22-20-17-14-11-8-5-2/h8,11-12,14-15,17,20,22,24,26,47-49,53-54H,4-7,9-10,13,16,18-19,21,23,25,27-46H2,1-3H3,(H,52,55)/b11-8+,15-12-,17-14+,22-20+,26-24-. The Hall–Kier alpha value is -2.44. The highest BCUT2D eigenvalue weighted by atomic mass is 16.5. The van der Waals surface area contributed by atoms with Gasteiger partial charge in [-0.05, 0) is 64.2 Å². The van der Waals surface area contributed by atoms with Gasteiger partial charge in [-0.1, -0.05) is 210 Å². The highest BCUT2D eigenvalue weighted by Crippen LogP contribution is 2.17. The molecule has 1 amide bonds. The maximum absolute atomic E-state index is 13.1. The summed E-state index contributed by atoms with van der Waals surface area (Å²) in [6.07, 6.45) is 54.3.